The van der Waals surface area contributed by atoms with E-state index in [1.54, 1.807) is 41.5 Å². The number of ether oxygens (including phenoxy) is 7. The van der Waals surface area contributed by atoms with Gasteiger partial charge in [-0.05, 0) is 80.5 Å². The average Bonchev–Trinajstić information content (AvgIpc) is 3.24. The minimum atomic E-state index is -2.03. The summed E-state index contributed by atoms with van der Waals surface area (Å²) < 4.78 is 45.1. The molecule has 3 aliphatic heterocycles. The number of hydrogen-bond donors (Lipinski definition) is 6. The lowest BCUT2D eigenvalue weighted by atomic mass is 9.73. The Morgan fingerprint density at radius 2 is 1.56 bits per heavy atom. The number of carbonyl (C=O) groups excluding carboxylic acids is 2. The molecule has 362 valence electrons. The Bertz CT molecular complexity index is 1590. The van der Waals surface area contributed by atoms with Crippen molar-refractivity contribution in [2.45, 2.75) is 192 Å². The van der Waals surface area contributed by atoms with Gasteiger partial charge in [0.05, 0.1) is 60.4 Å². The average molecular weight is 897 g/mol. The fraction of sp³-hybridized carbons (Fsp3) is 0.830. The van der Waals surface area contributed by atoms with E-state index in [2.05, 4.69) is 5.32 Å². The maximum Gasteiger partial charge on any atom is 0.311 e. The van der Waals surface area contributed by atoms with Crippen LogP contribution in [0.5, 0.6) is 0 Å². The first kappa shape index (κ1) is 53.5. The van der Waals surface area contributed by atoms with Gasteiger partial charge in [0.2, 0.25) is 0 Å². The number of Topliss-reactive ketones (excluding diaryl/α,β-unsaturated/α-hetero) is 1. The monoisotopic (exact) mass is 897 g/mol. The topological polar surface area (TPSA) is 215 Å². The minimum absolute atomic E-state index is 0.0205. The number of cyclic esters (lactones) is 1. The Labute approximate surface area is 375 Å². The van der Waals surface area contributed by atoms with E-state index in [-0.39, 0.29) is 50.3 Å². The number of nitrogens with one attached hydrogen (secondary N) is 1. The molecule has 3 fully saturated rings. The van der Waals surface area contributed by atoms with E-state index < -0.39 is 108 Å². The van der Waals surface area contributed by atoms with Gasteiger partial charge >= 0.3 is 5.97 Å². The summed E-state index contributed by atoms with van der Waals surface area (Å²) in [5, 5.41) is 61.1. The van der Waals surface area contributed by atoms with Gasteiger partial charge in [-0.2, -0.15) is 0 Å². The largest absolute Gasteiger partial charge is 0.459 e. The van der Waals surface area contributed by atoms with Crippen molar-refractivity contribution in [2.75, 3.05) is 34.4 Å². The number of methoxy groups -OCH3 is 1. The zero-order valence-corrected chi connectivity index (χ0v) is 39.9. The molecule has 16 heteroatoms. The van der Waals surface area contributed by atoms with Crippen molar-refractivity contribution in [3.63, 3.8) is 0 Å². The first-order valence-electron chi connectivity index (χ1n) is 22.8. The van der Waals surface area contributed by atoms with Crippen molar-refractivity contribution in [2.24, 2.45) is 23.7 Å². The first-order valence-corrected chi connectivity index (χ1v) is 22.8. The number of rotatable bonds is 14. The van der Waals surface area contributed by atoms with Gasteiger partial charge in [0, 0.05) is 50.4 Å². The fourth-order valence-corrected chi connectivity index (χ4v) is 9.85. The first-order chi connectivity index (χ1) is 29.4. The predicted molar refractivity (Wildman–Crippen MR) is 234 cm³/mol. The number of ketones is 1. The molecule has 3 saturated heterocycles. The van der Waals surface area contributed by atoms with Gasteiger partial charge in [-0.25, -0.2) is 0 Å². The third kappa shape index (κ3) is 12.8. The van der Waals surface area contributed by atoms with Crippen LogP contribution in [0.3, 0.4) is 0 Å². The molecular formula is C47H80N2O14. The molecule has 19 atom stereocenters. The van der Waals surface area contributed by atoms with E-state index in [0.29, 0.717) is 13.0 Å². The molecule has 0 aliphatic carbocycles. The predicted octanol–water partition coefficient (Wildman–Crippen LogP) is 2.96. The summed E-state index contributed by atoms with van der Waals surface area (Å²) in [7, 11) is 5.22. The zero-order valence-electron chi connectivity index (χ0n) is 39.9. The van der Waals surface area contributed by atoms with E-state index in [4.69, 9.17) is 33.2 Å². The third-order valence-corrected chi connectivity index (χ3v) is 14.0. The molecule has 0 aromatic heterocycles. The molecule has 0 bridgehead atoms. The van der Waals surface area contributed by atoms with Gasteiger partial charge in [-0.3, -0.25) is 9.59 Å². The van der Waals surface area contributed by atoms with Crippen LogP contribution in [0, 0.1) is 23.7 Å². The Morgan fingerprint density at radius 1 is 0.905 bits per heavy atom. The zero-order chi connectivity index (χ0) is 47.2. The fourth-order valence-electron chi connectivity index (χ4n) is 9.85. The maximum atomic E-state index is 14.5. The molecule has 6 N–H and O–H groups in total. The lowest BCUT2D eigenvalue weighted by Gasteiger charge is -2.50. The van der Waals surface area contributed by atoms with Crippen LogP contribution in [0.1, 0.15) is 100 Å². The van der Waals surface area contributed by atoms with Gasteiger partial charge in [0.1, 0.15) is 29.7 Å². The van der Waals surface area contributed by atoms with Gasteiger partial charge in [-0.15, -0.1) is 0 Å². The molecule has 1 aromatic carbocycles. The van der Waals surface area contributed by atoms with Crippen molar-refractivity contribution in [3.05, 3.63) is 35.9 Å². The second-order valence-corrected chi connectivity index (χ2v) is 19.5. The van der Waals surface area contributed by atoms with E-state index >= 15 is 0 Å². The summed E-state index contributed by atoms with van der Waals surface area (Å²) in [6.45, 7) is 17.3. The molecule has 3 unspecified atom stereocenters. The summed E-state index contributed by atoms with van der Waals surface area (Å²) >= 11 is 0. The number of hydrogen-bond acceptors (Lipinski definition) is 16. The summed E-state index contributed by atoms with van der Waals surface area (Å²) in [6, 6.07) is 9.40. The van der Waals surface area contributed by atoms with Crippen LogP contribution in [-0.4, -0.2) is 167 Å². The molecule has 3 heterocycles. The summed E-state index contributed by atoms with van der Waals surface area (Å²) in [6.07, 6.45) is -10.8. The number of esters is 1. The van der Waals surface area contributed by atoms with Crippen LogP contribution in [0.15, 0.2) is 30.3 Å². The standard InChI is InChI=1S/C47H80N2O14/c1-14-35-47(10,56)40(53)28(4)37(51)26(2)21-46(9,58-25-33(50)24-48-23-32-18-16-15-17-19-32)42(63-44-38(52)34(49(11)12)20-27(3)59-44)29(5)39(30(6)43(55)61-35)62-36-22-45(8,57-13)41(54)31(7)60-36/h15-19,26-31,33-36,38-42,44,48,50,52-54,56H,14,20-25H2,1-13H3/t26-,27-,28+,29+,30-,31+,33?,34+,35?,36+,38-,39?,40-,41+,42-,44+,45-,46-,47-/m1/s1. The van der Waals surface area contributed by atoms with Crippen molar-refractivity contribution >= 4 is 11.8 Å². The van der Waals surface area contributed by atoms with Gasteiger partial charge < -0.3 is 68.9 Å². The second kappa shape index (κ2) is 22.6. The molecule has 0 amide bonds. The number of benzene rings is 1. The van der Waals surface area contributed by atoms with E-state index in [1.807, 2.05) is 63.2 Å². The quantitative estimate of drug-likeness (QED) is 0.148. The summed E-state index contributed by atoms with van der Waals surface area (Å²) in [5.74, 6) is -4.99. The lowest BCUT2D eigenvalue weighted by Crippen LogP contribution is -2.62. The third-order valence-electron chi connectivity index (χ3n) is 14.0. The maximum absolute atomic E-state index is 14.5. The van der Waals surface area contributed by atoms with E-state index in [9.17, 15) is 35.1 Å². The highest BCUT2D eigenvalue weighted by Gasteiger charge is 2.54. The number of aliphatic hydroxyl groups is 5. The summed E-state index contributed by atoms with van der Waals surface area (Å²) in [5.41, 5.74) is -3.56. The smallest absolute Gasteiger partial charge is 0.311 e. The van der Waals surface area contributed by atoms with Crippen LogP contribution >= 0.6 is 0 Å². The van der Waals surface area contributed by atoms with Crippen molar-refractivity contribution < 1.29 is 68.3 Å². The van der Waals surface area contributed by atoms with Gasteiger partial charge in [0.25, 0.3) is 0 Å². The highest BCUT2D eigenvalue weighted by atomic mass is 16.7. The van der Waals surface area contributed by atoms with Crippen LogP contribution in [0.4, 0.5) is 0 Å². The van der Waals surface area contributed by atoms with Crippen molar-refractivity contribution in [3.8, 4) is 0 Å². The molecule has 3 aliphatic rings. The SMILES string of the molecule is CCC1OC(=O)[C@H](C)C(O[C@H]2C[C@@](C)(OC)[C@@H](O)[C@H](C)O2)[C@H](C)[C@@H](O[C@@H]2O[C@H](C)C[C@H](N(C)C)[C@H]2O)[C@](C)(OCC(O)CNCc2ccccc2)C[C@@H](C)C(=O)[C@H](C)[C@@H](O)[C@]1(C)O. The molecule has 63 heavy (non-hydrogen) atoms. The van der Waals surface area contributed by atoms with Crippen LogP contribution in [-0.2, 0) is 49.3 Å². The van der Waals surface area contributed by atoms with Crippen LogP contribution in [0.25, 0.3) is 0 Å². The second-order valence-electron chi connectivity index (χ2n) is 19.5. The molecule has 0 saturated carbocycles. The molecule has 1 aromatic rings. The normalized spacial score (nSPS) is 43.0. The number of aliphatic hydroxyl groups excluding tert-OH is 4. The summed E-state index contributed by atoms with van der Waals surface area (Å²) in [4.78, 5) is 30.8. The molecule has 0 radical (unpaired) electrons. The molecular weight excluding hydrogens is 817 g/mol. The molecule has 4 rings (SSSR count). The van der Waals surface area contributed by atoms with Crippen LogP contribution < -0.4 is 5.32 Å². The van der Waals surface area contributed by atoms with Gasteiger partial charge in [0.15, 0.2) is 12.6 Å². The Morgan fingerprint density at radius 3 is 2.16 bits per heavy atom. The Balaban J connectivity index is 1.87. The lowest BCUT2D eigenvalue weighted by molar-refractivity contribution is -0.321. The Kier molecular flexibility index (Phi) is 19.1. The van der Waals surface area contributed by atoms with E-state index in [1.165, 1.54) is 21.0 Å². The highest BCUT2D eigenvalue weighted by molar-refractivity contribution is 5.83. The Hall–Kier alpha value is -2.16. The number of nitrogens with zero attached hydrogens (tertiary/aromatic N) is 1. The van der Waals surface area contributed by atoms with Crippen molar-refractivity contribution in [1.82, 2.24) is 10.2 Å². The minimum Gasteiger partial charge on any atom is -0.459 e. The molecule has 0 spiro atoms. The van der Waals surface area contributed by atoms with E-state index in [0.717, 1.165) is 5.56 Å². The highest BCUT2D eigenvalue weighted by Crippen LogP contribution is 2.42. The molecule has 16 nitrogen and oxygen atoms in total. The number of carbonyl (C=O) groups is 2. The number of likely N-dealkylation sites (N-methyl/N-ethyl adjacent to an activating group) is 1. The van der Waals surface area contributed by atoms with Crippen LogP contribution in [0.2, 0.25) is 0 Å². The van der Waals surface area contributed by atoms with Gasteiger partial charge in [-0.1, -0.05) is 58.0 Å². The van der Waals surface area contributed by atoms with Crippen molar-refractivity contribution in [1.29, 1.82) is 0 Å².